The van der Waals surface area contributed by atoms with E-state index in [4.69, 9.17) is 9.84 Å². The Kier molecular flexibility index (Phi) is 6.21. The molecule has 0 aromatic heterocycles. The van der Waals surface area contributed by atoms with Gasteiger partial charge in [0.1, 0.15) is 5.75 Å². The first-order valence-corrected chi connectivity index (χ1v) is 9.89. The molecule has 1 aliphatic heterocycles. The van der Waals surface area contributed by atoms with E-state index in [-0.39, 0.29) is 17.7 Å². The number of rotatable bonds is 6. The molecule has 28 heavy (non-hydrogen) atoms. The third-order valence-corrected chi connectivity index (χ3v) is 5.43. The molecule has 6 nitrogen and oxygen atoms in total. The first kappa shape index (κ1) is 20.2. The quantitative estimate of drug-likeness (QED) is 0.639. The van der Waals surface area contributed by atoms with Gasteiger partial charge in [-0.05, 0) is 64.0 Å². The van der Waals surface area contributed by atoms with E-state index in [0.717, 1.165) is 22.9 Å². The maximum atomic E-state index is 12.7. The van der Waals surface area contributed by atoms with Crippen molar-refractivity contribution < 1.29 is 24.2 Å². The van der Waals surface area contributed by atoms with Crippen LogP contribution in [0.5, 0.6) is 5.75 Å². The number of halogens is 1. The van der Waals surface area contributed by atoms with Crippen LogP contribution in [0.4, 0.5) is 4.79 Å². The van der Waals surface area contributed by atoms with Gasteiger partial charge >= 0.3 is 5.97 Å². The highest BCUT2D eigenvalue weighted by molar-refractivity contribution is 9.10. The maximum Gasteiger partial charge on any atom is 0.341 e. The average Bonchev–Trinajstić information content (AvgIpc) is 2.88. The van der Waals surface area contributed by atoms with Crippen LogP contribution in [0.3, 0.4) is 0 Å². The third-order valence-electron chi connectivity index (χ3n) is 3.90. The standard InChI is InChI=1S/C20H16BrNO5S/c1-12-3-2-4-14(7-12)10-22-19(25)17(28-20(22)26)9-13-5-6-16(15(21)8-13)27-11-18(23)24/h2-9H,10-11H2,1H3,(H,23,24)/b17-9-. The molecular weight excluding hydrogens is 446 g/mol. The molecule has 3 rings (SSSR count). The maximum absolute atomic E-state index is 12.7. The number of hydrogen-bond donors (Lipinski definition) is 1. The Morgan fingerprint density at radius 1 is 1.25 bits per heavy atom. The summed E-state index contributed by atoms with van der Waals surface area (Å²) in [6, 6.07) is 12.7. The molecule has 0 atom stereocenters. The molecule has 1 saturated heterocycles. The van der Waals surface area contributed by atoms with Crippen LogP contribution in [0, 0.1) is 6.92 Å². The first-order chi connectivity index (χ1) is 13.3. The Balaban J connectivity index is 1.76. The fourth-order valence-electron chi connectivity index (χ4n) is 2.64. The zero-order chi connectivity index (χ0) is 20.3. The molecule has 0 unspecified atom stereocenters. The Morgan fingerprint density at radius 3 is 2.71 bits per heavy atom. The van der Waals surface area contributed by atoms with Crippen LogP contribution in [-0.2, 0) is 16.1 Å². The van der Waals surface area contributed by atoms with Crippen LogP contribution in [0.25, 0.3) is 6.08 Å². The van der Waals surface area contributed by atoms with Gasteiger partial charge in [-0.15, -0.1) is 0 Å². The second-order valence-corrected chi connectivity index (χ2v) is 7.98. The predicted molar refractivity (Wildman–Crippen MR) is 110 cm³/mol. The van der Waals surface area contributed by atoms with Crippen LogP contribution in [-0.4, -0.2) is 33.7 Å². The molecule has 0 radical (unpaired) electrons. The molecule has 0 aliphatic carbocycles. The summed E-state index contributed by atoms with van der Waals surface area (Å²) in [5.74, 6) is -1.02. The van der Waals surface area contributed by atoms with Gasteiger partial charge in [-0.1, -0.05) is 35.9 Å². The number of carbonyl (C=O) groups excluding carboxylic acids is 2. The fraction of sp³-hybridized carbons (Fsp3) is 0.150. The van der Waals surface area contributed by atoms with Gasteiger partial charge in [0.05, 0.1) is 15.9 Å². The van der Waals surface area contributed by atoms with Gasteiger partial charge in [0.15, 0.2) is 6.61 Å². The fourth-order valence-corrected chi connectivity index (χ4v) is 3.99. The Hall–Kier alpha value is -2.58. The Labute approximate surface area is 174 Å². The van der Waals surface area contributed by atoms with Crippen LogP contribution in [0.15, 0.2) is 51.8 Å². The number of amides is 2. The van der Waals surface area contributed by atoms with Crippen LogP contribution in [0.2, 0.25) is 0 Å². The third kappa shape index (κ3) is 4.82. The van der Waals surface area contributed by atoms with E-state index in [0.29, 0.717) is 20.7 Å². The number of ether oxygens (including phenoxy) is 1. The molecule has 1 fully saturated rings. The molecule has 2 amide bonds. The predicted octanol–water partition coefficient (Wildman–Crippen LogP) is 4.46. The summed E-state index contributed by atoms with van der Waals surface area (Å²) in [7, 11) is 0. The number of benzene rings is 2. The van der Waals surface area contributed by atoms with Crippen LogP contribution in [0.1, 0.15) is 16.7 Å². The lowest BCUT2D eigenvalue weighted by molar-refractivity contribution is -0.139. The zero-order valence-electron chi connectivity index (χ0n) is 14.8. The number of carbonyl (C=O) groups is 3. The summed E-state index contributed by atoms with van der Waals surface area (Å²) in [6.45, 7) is 1.74. The van der Waals surface area contributed by atoms with Gasteiger partial charge in [0.2, 0.25) is 0 Å². The smallest absolute Gasteiger partial charge is 0.341 e. The molecule has 0 saturated carbocycles. The van der Waals surface area contributed by atoms with Crippen molar-refractivity contribution in [2.45, 2.75) is 13.5 Å². The lowest BCUT2D eigenvalue weighted by atomic mass is 10.1. The van der Waals surface area contributed by atoms with Gasteiger partial charge in [0.25, 0.3) is 11.1 Å². The van der Waals surface area contributed by atoms with Crippen molar-refractivity contribution in [3.05, 3.63) is 68.5 Å². The van der Waals surface area contributed by atoms with Crippen molar-refractivity contribution >= 4 is 50.9 Å². The van der Waals surface area contributed by atoms with Crippen LogP contribution < -0.4 is 4.74 Å². The molecule has 0 bridgehead atoms. The van der Waals surface area contributed by atoms with E-state index >= 15 is 0 Å². The molecule has 2 aromatic carbocycles. The summed E-state index contributed by atoms with van der Waals surface area (Å²) in [5.41, 5.74) is 2.65. The highest BCUT2D eigenvalue weighted by atomic mass is 79.9. The average molecular weight is 462 g/mol. The van der Waals surface area contributed by atoms with Gasteiger partial charge in [0, 0.05) is 0 Å². The molecule has 1 aliphatic rings. The number of carboxylic acid groups (broad SMARTS) is 1. The number of nitrogens with zero attached hydrogens (tertiary/aromatic N) is 1. The number of imide groups is 1. The van der Waals surface area contributed by atoms with E-state index in [9.17, 15) is 14.4 Å². The molecule has 1 heterocycles. The largest absolute Gasteiger partial charge is 0.481 e. The topological polar surface area (TPSA) is 83.9 Å². The molecular formula is C20H16BrNO5S. The van der Waals surface area contributed by atoms with Crippen molar-refractivity contribution in [1.29, 1.82) is 0 Å². The van der Waals surface area contributed by atoms with Gasteiger partial charge in [-0.25, -0.2) is 4.79 Å². The molecule has 144 valence electrons. The minimum Gasteiger partial charge on any atom is -0.481 e. The number of thioether (sulfide) groups is 1. The number of hydrogen-bond acceptors (Lipinski definition) is 5. The van der Waals surface area contributed by atoms with Crippen molar-refractivity contribution in [3.63, 3.8) is 0 Å². The number of aryl methyl sites for hydroxylation is 1. The van der Waals surface area contributed by atoms with Crippen molar-refractivity contribution in [1.82, 2.24) is 4.90 Å². The van der Waals surface area contributed by atoms with Gasteiger partial charge < -0.3 is 9.84 Å². The van der Waals surface area contributed by atoms with E-state index in [1.807, 2.05) is 31.2 Å². The summed E-state index contributed by atoms with van der Waals surface area (Å²) in [4.78, 5) is 37.1. The normalized spacial score (nSPS) is 15.4. The van der Waals surface area contributed by atoms with Crippen molar-refractivity contribution in [2.24, 2.45) is 0 Å². The van der Waals surface area contributed by atoms with Crippen LogP contribution >= 0.6 is 27.7 Å². The lowest BCUT2D eigenvalue weighted by Crippen LogP contribution is -2.27. The van der Waals surface area contributed by atoms with E-state index in [1.165, 1.54) is 4.90 Å². The minimum atomic E-state index is -1.07. The second kappa shape index (κ2) is 8.62. The second-order valence-electron chi connectivity index (χ2n) is 6.13. The molecule has 0 spiro atoms. The van der Waals surface area contributed by atoms with Gasteiger partial charge in [-0.3, -0.25) is 14.5 Å². The lowest BCUT2D eigenvalue weighted by Gasteiger charge is -2.12. The molecule has 8 heteroatoms. The summed E-state index contributed by atoms with van der Waals surface area (Å²) >= 11 is 4.22. The molecule has 1 N–H and O–H groups in total. The Bertz CT molecular complexity index is 988. The minimum absolute atomic E-state index is 0.231. The highest BCUT2D eigenvalue weighted by Gasteiger charge is 2.35. The number of aliphatic carboxylic acids is 1. The summed E-state index contributed by atoms with van der Waals surface area (Å²) in [6.07, 6.45) is 1.63. The van der Waals surface area contributed by atoms with Gasteiger partial charge in [-0.2, -0.15) is 0 Å². The molecule has 2 aromatic rings. The Morgan fingerprint density at radius 2 is 2.04 bits per heavy atom. The monoisotopic (exact) mass is 461 g/mol. The summed E-state index contributed by atoms with van der Waals surface area (Å²) < 4.78 is 5.71. The van der Waals surface area contributed by atoms with E-state index in [2.05, 4.69) is 15.9 Å². The van der Waals surface area contributed by atoms with E-state index in [1.54, 1.807) is 24.3 Å². The first-order valence-electron chi connectivity index (χ1n) is 8.28. The summed E-state index contributed by atoms with van der Waals surface area (Å²) in [5, 5.41) is 8.38. The highest BCUT2D eigenvalue weighted by Crippen LogP contribution is 2.34. The zero-order valence-corrected chi connectivity index (χ0v) is 17.2. The van der Waals surface area contributed by atoms with E-state index < -0.39 is 12.6 Å². The SMILES string of the molecule is Cc1cccc(CN2C(=O)S/C(=C\c3ccc(OCC(=O)O)c(Br)c3)C2=O)c1. The number of carboxylic acids is 1. The van der Waals surface area contributed by atoms with Crippen molar-refractivity contribution in [2.75, 3.05) is 6.61 Å². The van der Waals surface area contributed by atoms with Crippen molar-refractivity contribution in [3.8, 4) is 5.75 Å².